The van der Waals surface area contributed by atoms with Gasteiger partial charge in [0.1, 0.15) is 10.5 Å². The predicted molar refractivity (Wildman–Crippen MR) is 146 cm³/mol. The summed E-state index contributed by atoms with van der Waals surface area (Å²) in [7, 11) is 0. The number of phenols is 2. The maximum absolute atomic E-state index is 13.5. The van der Waals surface area contributed by atoms with Gasteiger partial charge in [-0.1, -0.05) is 12.1 Å². The predicted octanol–water partition coefficient (Wildman–Crippen LogP) is 2.11. The van der Waals surface area contributed by atoms with E-state index in [4.69, 9.17) is 19.9 Å². The normalized spacial score (nSPS) is 15.1. The Balaban J connectivity index is 2.04. The second-order valence-electron chi connectivity index (χ2n) is 8.35. The Hall–Kier alpha value is -4.69. The van der Waals surface area contributed by atoms with Crippen molar-refractivity contribution in [1.82, 2.24) is 4.57 Å². The third-order valence-electron chi connectivity index (χ3n) is 5.96. The zero-order valence-corrected chi connectivity index (χ0v) is 22.4. The molecular weight excluding hydrogens is 522 g/mol. The number of nitriles is 1. The fourth-order valence-electron chi connectivity index (χ4n) is 4.31. The van der Waals surface area contributed by atoms with Crippen LogP contribution in [0.15, 0.2) is 46.8 Å². The summed E-state index contributed by atoms with van der Waals surface area (Å²) in [5.74, 6) is -1.50. The van der Waals surface area contributed by atoms with Crippen molar-refractivity contribution >= 4 is 34.8 Å². The van der Waals surface area contributed by atoms with Gasteiger partial charge in [0.25, 0.3) is 5.56 Å². The minimum atomic E-state index is -0.974. The van der Waals surface area contributed by atoms with E-state index in [0.29, 0.717) is 17.7 Å². The van der Waals surface area contributed by atoms with E-state index in [9.17, 15) is 25.1 Å². The lowest BCUT2D eigenvalue weighted by atomic mass is 9.83. The molecule has 0 bridgehead atoms. The van der Waals surface area contributed by atoms with Crippen LogP contribution in [0.3, 0.4) is 0 Å². The van der Waals surface area contributed by atoms with Gasteiger partial charge in [0.05, 0.1) is 47.5 Å². The highest BCUT2D eigenvalue weighted by Crippen LogP contribution is 2.40. The SMILES string of the molecule is CCOC(=O)C1=c2s/c(=C\c3ccc(O)c(OCC)c3)c(=O)n2C(N)=C(C#N)C1c1ccc(O)c(OCC)c1. The summed E-state index contributed by atoms with van der Waals surface area (Å²) >= 11 is 1.02. The lowest BCUT2D eigenvalue weighted by Crippen LogP contribution is -2.40. The molecule has 202 valence electrons. The van der Waals surface area contributed by atoms with E-state index in [2.05, 4.69) is 6.07 Å². The minimum absolute atomic E-state index is 0.0200. The third kappa shape index (κ3) is 5.06. The van der Waals surface area contributed by atoms with Crippen LogP contribution in [0.5, 0.6) is 23.0 Å². The van der Waals surface area contributed by atoms with Crippen LogP contribution in [-0.2, 0) is 9.53 Å². The van der Waals surface area contributed by atoms with Gasteiger partial charge in [0.2, 0.25) is 0 Å². The number of fused-ring (bicyclic) bond motifs is 1. The van der Waals surface area contributed by atoms with Crippen LogP contribution in [0.1, 0.15) is 37.8 Å². The first-order chi connectivity index (χ1) is 18.7. The van der Waals surface area contributed by atoms with Crippen molar-refractivity contribution in [3.63, 3.8) is 0 Å². The Labute approximate surface area is 227 Å². The topological polar surface area (TPSA) is 157 Å². The number of benzene rings is 2. The van der Waals surface area contributed by atoms with Crippen molar-refractivity contribution in [2.45, 2.75) is 26.7 Å². The van der Waals surface area contributed by atoms with E-state index >= 15 is 0 Å². The molecule has 1 unspecified atom stereocenters. The molecule has 2 aromatic carbocycles. The Kier molecular flexibility index (Phi) is 7.97. The fraction of sp³-hybridized carbons (Fsp3) is 0.250. The number of aromatic hydroxyl groups is 2. The van der Waals surface area contributed by atoms with Gasteiger partial charge in [-0.25, -0.2) is 4.79 Å². The number of ether oxygens (including phenoxy) is 3. The zero-order valence-electron chi connectivity index (χ0n) is 21.6. The van der Waals surface area contributed by atoms with Gasteiger partial charge in [0, 0.05) is 0 Å². The van der Waals surface area contributed by atoms with Crippen molar-refractivity contribution in [1.29, 1.82) is 5.26 Å². The Bertz CT molecular complexity index is 1700. The molecule has 4 rings (SSSR count). The maximum atomic E-state index is 13.5. The molecule has 0 radical (unpaired) electrons. The molecule has 0 amide bonds. The lowest BCUT2D eigenvalue weighted by molar-refractivity contribution is -0.136. The first-order valence-corrected chi connectivity index (χ1v) is 13.0. The van der Waals surface area contributed by atoms with Gasteiger partial charge < -0.3 is 30.2 Å². The molecule has 0 aliphatic carbocycles. The molecule has 11 heteroatoms. The fourth-order valence-corrected chi connectivity index (χ4v) is 5.48. The molecular formula is C28H27N3O7S. The molecule has 1 aromatic heterocycles. The molecule has 10 nitrogen and oxygen atoms in total. The van der Waals surface area contributed by atoms with Crippen molar-refractivity contribution < 1.29 is 29.2 Å². The van der Waals surface area contributed by atoms with Crippen LogP contribution in [-0.4, -0.2) is 40.6 Å². The highest BCUT2D eigenvalue weighted by Gasteiger charge is 2.36. The van der Waals surface area contributed by atoms with E-state index in [0.717, 1.165) is 15.9 Å². The number of hydrogen-bond donors (Lipinski definition) is 3. The number of allylic oxidation sites excluding steroid dienone is 1. The van der Waals surface area contributed by atoms with Crippen LogP contribution in [0.25, 0.3) is 17.5 Å². The van der Waals surface area contributed by atoms with Crippen molar-refractivity contribution in [3.05, 3.63) is 72.6 Å². The molecule has 2 heterocycles. The smallest absolute Gasteiger partial charge is 0.338 e. The highest BCUT2D eigenvalue weighted by atomic mass is 32.1. The standard InChI is InChI=1S/C28H27N3O7S/c1-4-36-20-11-15(7-9-18(20)32)12-22-26(34)31-25(30)17(14-29)23(24(27(31)39-22)28(35)38-6-3)16-8-10-19(33)21(13-16)37-5-2/h7-13,23,32-33H,4-6,30H2,1-3H3/b22-12-. The Morgan fingerprint density at radius 3 is 2.33 bits per heavy atom. The molecule has 39 heavy (non-hydrogen) atoms. The molecule has 4 N–H and O–H groups in total. The summed E-state index contributed by atoms with van der Waals surface area (Å²) in [6.45, 7) is 5.89. The average Bonchev–Trinajstić information content (AvgIpc) is 3.23. The third-order valence-corrected chi connectivity index (χ3v) is 7.07. The molecule has 0 spiro atoms. The van der Waals surface area contributed by atoms with Gasteiger partial charge >= 0.3 is 5.97 Å². The molecule has 0 saturated carbocycles. The first-order valence-electron chi connectivity index (χ1n) is 12.2. The number of rotatable bonds is 8. The molecule has 1 aliphatic heterocycles. The summed E-state index contributed by atoms with van der Waals surface area (Å²) in [6, 6.07) is 11.2. The average molecular weight is 550 g/mol. The van der Waals surface area contributed by atoms with Crippen LogP contribution < -0.4 is 30.0 Å². The highest BCUT2D eigenvalue weighted by molar-refractivity contribution is 7.07. The van der Waals surface area contributed by atoms with Crippen LogP contribution in [0.4, 0.5) is 0 Å². The van der Waals surface area contributed by atoms with Crippen LogP contribution in [0.2, 0.25) is 0 Å². The quantitative estimate of drug-likeness (QED) is 0.358. The van der Waals surface area contributed by atoms with Crippen molar-refractivity contribution in [2.24, 2.45) is 5.73 Å². The van der Waals surface area contributed by atoms with E-state index in [-0.39, 0.29) is 62.4 Å². The largest absolute Gasteiger partial charge is 0.504 e. The van der Waals surface area contributed by atoms with Gasteiger partial charge in [-0.3, -0.25) is 9.36 Å². The zero-order chi connectivity index (χ0) is 28.3. The molecule has 3 aromatic rings. The second kappa shape index (κ2) is 11.4. The number of thiazole rings is 1. The van der Waals surface area contributed by atoms with Crippen LogP contribution in [0, 0.1) is 11.3 Å². The first kappa shape index (κ1) is 27.3. The van der Waals surface area contributed by atoms with E-state index in [1.54, 1.807) is 45.0 Å². The number of nitrogens with zero attached hydrogens (tertiary/aromatic N) is 2. The molecule has 0 fully saturated rings. The number of hydrogen-bond acceptors (Lipinski definition) is 10. The van der Waals surface area contributed by atoms with E-state index < -0.39 is 17.4 Å². The number of nitrogens with two attached hydrogens (primary N) is 1. The minimum Gasteiger partial charge on any atom is -0.504 e. The summed E-state index contributed by atoms with van der Waals surface area (Å²) in [5, 5.41) is 30.4. The molecule has 1 aliphatic rings. The van der Waals surface area contributed by atoms with Crippen molar-refractivity contribution in [2.75, 3.05) is 19.8 Å². The summed E-state index contributed by atoms with van der Waals surface area (Å²) in [6.07, 6.45) is 1.59. The molecule has 1 atom stereocenters. The van der Waals surface area contributed by atoms with Gasteiger partial charge in [-0.2, -0.15) is 5.26 Å². The number of carbonyl (C=O) groups is 1. The number of aromatic nitrogens is 1. The Morgan fingerprint density at radius 2 is 1.72 bits per heavy atom. The summed E-state index contributed by atoms with van der Waals surface area (Å²) in [5.41, 5.74) is 6.95. The van der Waals surface area contributed by atoms with Crippen LogP contribution >= 0.6 is 11.3 Å². The lowest BCUT2D eigenvalue weighted by Gasteiger charge is -2.25. The molecule has 0 saturated heterocycles. The number of phenolic OH excluding ortho intramolecular Hbond substituents is 2. The second-order valence-corrected chi connectivity index (χ2v) is 9.39. The maximum Gasteiger partial charge on any atom is 0.338 e. The summed E-state index contributed by atoms with van der Waals surface area (Å²) < 4.78 is 17.9. The van der Waals surface area contributed by atoms with E-state index in [1.807, 2.05) is 0 Å². The Morgan fingerprint density at radius 1 is 1.08 bits per heavy atom. The van der Waals surface area contributed by atoms with E-state index in [1.165, 1.54) is 18.2 Å². The summed E-state index contributed by atoms with van der Waals surface area (Å²) in [4.78, 5) is 26.9. The number of carbonyl (C=O) groups excluding carboxylic acids is 1. The van der Waals surface area contributed by atoms with Crippen molar-refractivity contribution in [3.8, 4) is 29.1 Å². The number of esters is 1. The van der Waals surface area contributed by atoms with Gasteiger partial charge in [-0.15, -0.1) is 11.3 Å². The monoisotopic (exact) mass is 549 g/mol. The van der Waals surface area contributed by atoms with Gasteiger partial charge in [-0.05, 0) is 62.2 Å². The van der Waals surface area contributed by atoms with Gasteiger partial charge in [0.15, 0.2) is 23.0 Å².